The standard InChI is InChI=1S/C24H28N2O2/c1-28-21-11-8-17(9-12-21)16-2-6-19(7-3-16)24(27)23-22(18-4-5-18)13-10-20-14-25-15-26(20)23/h8-16,18-19,24,27H,2-7H2,1H3/t16-,19-,24-/m0/s1. The van der Waals surface area contributed by atoms with E-state index < -0.39 is 6.10 Å². The van der Waals surface area contributed by atoms with Crippen molar-refractivity contribution in [2.24, 2.45) is 5.92 Å². The molecule has 2 saturated carbocycles. The fourth-order valence-electron chi connectivity index (χ4n) is 4.95. The molecule has 1 atom stereocenters. The second kappa shape index (κ2) is 7.25. The molecular weight excluding hydrogens is 348 g/mol. The van der Waals surface area contributed by atoms with Gasteiger partial charge in [0.2, 0.25) is 0 Å². The first-order valence-corrected chi connectivity index (χ1v) is 10.5. The molecule has 2 fully saturated rings. The highest BCUT2D eigenvalue weighted by atomic mass is 16.5. The second-order valence-corrected chi connectivity index (χ2v) is 8.47. The van der Waals surface area contributed by atoms with Crippen molar-refractivity contribution < 1.29 is 9.84 Å². The molecule has 3 aromatic rings. The average Bonchev–Trinajstić information content (AvgIpc) is 3.49. The maximum absolute atomic E-state index is 11.4. The Morgan fingerprint density at radius 1 is 0.964 bits per heavy atom. The molecule has 146 valence electrons. The molecule has 2 aromatic heterocycles. The molecule has 0 saturated heterocycles. The number of pyridine rings is 1. The molecule has 1 aromatic carbocycles. The molecule has 4 nitrogen and oxygen atoms in total. The van der Waals surface area contributed by atoms with E-state index >= 15 is 0 Å². The molecule has 2 aliphatic carbocycles. The van der Waals surface area contributed by atoms with Gasteiger partial charge in [-0.1, -0.05) is 18.2 Å². The summed E-state index contributed by atoms with van der Waals surface area (Å²) in [4.78, 5) is 4.32. The first kappa shape index (κ1) is 17.7. The molecule has 4 heteroatoms. The van der Waals surface area contributed by atoms with E-state index in [1.807, 2.05) is 12.5 Å². The highest BCUT2D eigenvalue weighted by Gasteiger charge is 2.34. The number of aromatic nitrogens is 2. The zero-order chi connectivity index (χ0) is 19.1. The number of rotatable bonds is 5. The van der Waals surface area contributed by atoms with Gasteiger partial charge >= 0.3 is 0 Å². The Hall–Kier alpha value is -2.33. The Labute approximate surface area is 166 Å². The lowest BCUT2D eigenvalue weighted by molar-refractivity contribution is 0.0754. The molecule has 0 radical (unpaired) electrons. The molecule has 0 spiro atoms. The normalized spacial score (nSPS) is 23.6. The molecule has 2 aliphatic rings. The topological polar surface area (TPSA) is 46.8 Å². The number of imidazole rings is 1. The first-order chi connectivity index (χ1) is 13.7. The summed E-state index contributed by atoms with van der Waals surface area (Å²) in [6.07, 6.45) is 10.2. The van der Waals surface area contributed by atoms with Gasteiger partial charge in [-0.3, -0.25) is 0 Å². The van der Waals surface area contributed by atoms with Crippen LogP contribution >= 0.6 is 0 Å². The van der Waals surface area contributed by atoms with Crippen molar-refractivity contribution in [1.29, 1.82) is 0 Å². The molecule has 5 rings (SSSR count). The maximum Gasteiger partial charge on any atom is 0.118 e. The van der Waals surface area contributed by atoms with Crippen LogP contribution in [0.5, 0.6) is 5.75 Å². The molecule has 0 amide bonds. The van der Waals surface area contributed by atoms with Crippen LogP contribution < -0.4 is 4.74 Å². The van der Waals surface area contributed by atoms with Crippen molar-refractivity contribution in [3.8, 4) is 5.75 Å². The lowest BCUT2D eigenvalue weighted by Gasteiger charge is -2.33. The number of hydrogen-bond donors (Lipinski definition) is 1. The number of fused-ring (bicyclic) bond motifs is 1. The summed E-state index contributed by atoms with van der Waals surface area (Å²) in [5.41, 5.74) is 4.88. The Kier molecular flexibility index (Phi) is 4.59. The Morgan fingerprint density at radius 3 is 2.36 bits per heavy atom. The van der Waals surface area contributed by atoms with Gasteiger partial charge in [-0.25, -0.2) is 4.98 Å². The van der Waals surface area contributed by atoms with Crippen molar-refractivity contribution in [2.75, 3.05) is 7.11 Å². The number of aliphatic hydroxyl groups is 1. The van der Waals surface area contributed by atoms with Gasteiger partial charge in [-0.05, 0) is 85.6 Å². The lowest BCUT2D eigenvalue weighted by atomic mass is 9.75. The van der Waals surface area contributed by atoms with Crippen LogP contribution in [0.1, 0.15) is 73.3 Å². The molecule has 0 aliphatic heterocycles. The van der Waals surface area contributed by atoms with Gasteiger partial charge < -0.3 is 14.2 Å². The predicted octanol–water partition coefficient (Wildman–Crippen LogP) is 5.23. The zero-order valence-electron chi connectivity index (χ0n) is 16.4. The summed E-state index contributed by atoms with van der Waals surface area (Å²) >= 11 is 0. The number of benzene rings is 1. The number of aliphatic hydroxyl groups excluding tert-OH is 1. The third kappa shape index (κ3) is 3.20. The minimum atomic E-state index is -0.412. The van der Waals surface area contributed by atoms with Crippen molar-refractivity contribution >= 4 is 5.52 Å². The minimum Gasteiger partial charge on any atom is -0.497 e. The summed E-state index contributed by atoms with van der Waals surface area (Å²) in [5.74, 6) is 2.43. The van der Waals surface area contributed by atoms with E-state index in [1.165, 1.54) is 24.0 Å². The molecule has 0 bridgehead atoms. The Balaban J connectivity index is 1.34. The van der Waals surface area contributed by atoms with Crippen LogP contribution in [0.2, 0.25) is 0 Å². The van der Waals surface area contributed by atoms with Gasteiger partial charge in [-0.2, -0.15) is 0 Å². The predicted molar refractivity (Wildman–Crippen MR) is 110 cm³/mol. The Morgan fingerprint density at radius 2 is 1.68 bits per heavy atom. The highest BCUT2D eigenvalue weighted by molar-refractivity contribution is 5.50. The molecular formula is C24H28N2O2. The quantitative estimate of drug-likeness (QED) is 0.663. The van der Waals surface area contributed by atoms with Crippen LogP contribution in [0.15, 0.2) is 48.9 Å². The van der Waals surface area contributed by atoms with Crippen LogP contribution in [0.25, 0.3) is 5.52 Å². The van der Waals surface area contributed by atoms with Gasteiger partial charge in [-0.15, -0.1) is 0 Å². The number of hydrogen-bond acceptors (Lipinski definition) is 3. The number of ether oxygens (including phenoxy) is 1. The number of methoxy groups -OCH3 is 1. The van der Waals surface area contributed by atoms with E-state index in [0.29, 0.717) is 17.8 Å². The Bertz CT molecular complexity index is 950. The van der Waals surface area contributed by atoms with E-state index in [-0.39, 0.29) is 0 Å². The van der Waals surface area contributed by atoms with Gasteiger partial charge in [0.1, 0.15) is 5.75 Å². The van der Waals surface area contributed by atoms with Gasteiger partial charge in [0, 0.05) is 0 Å². The second-order valence-electron chi connectivity index (χ2n) is 8.47. The van der Waals surface area contributed by atoms with E-state index in [9.17, 15) is 5.11 Å². The summed E-state index contributed by atoms with van der Waals surface area (Å²) in [6.45, 7) is 0. The van der Waals surface area contributed by atoms with Crippen molar-refractivity contribution in [2.45, 2.75) is 56.5 Å². The number of nitrogens with zero attached hydrogens (tertiary/aromatic N) is 2. The van der Waals surface area contributed by atoms with Gasteiger partial charge in [0.25, 0.3) is 0 Å². The molecule has 28 heavy (non-hydrogen) atoms. The fraction of sp³-hybridized carbons (Fsp3) is 0.458. The maximum atomic E-state index is 11.4. The van der Waals surface area contributed by atoms with Crippen LogP contribution in [0.3, 0.4) is 0 Å². The summed E-state index contributed by atoms with van der Waals surface area (Å²) in [7, 11) is 1.71. The van der Waals surface area contributed by atoms with Gasteiger partial charge in [0.15, 0.2) is 0 Å². The van der Waals surface area contributed by atoms with E-state index in [0.717, 1.165) is 42.6 Å². The molecule has 0 unspecified atom stereocenters. The van der Waals surface area contributed by atoms with Crippen molar-refractivity contribution in [1.82, 2.24) is 9.38 Å². The smallest absolute Gasteiger partial charge is 0.118 e. The zero-order valence-corrected chi connectivity index (χ0v) is 16.4. The monoisotopic (exact) mass is 376 g/mol. The lowest BCUT2D eigenvalue weighted by Crippen LogP contribution is -2.22. The minimum absolute atomic E-state index is 0.319. The van der Waals surface area contributed by atoms with Crippen LogP contribution in [-0.2, 0) is 0 Å². The SMILES string of the molecule is COc1ccc([C@H]2CC[C@H]([C@H](O)c3c(C4CC4)ccc4cncn34)CC2)cc1. The summed E-state index contributed by atoms with van der Waals surface area (Å²) in [5, 5.41) is 11.4. The van der Waals surface area contributed by atoms with E-state index in [2.05, 4.69) is 45.8 Å². The third-order valence-corrected chi connectivity index (χ3v) is 6.76. The van der Waals surface area contributed by atoms with Crippen molar-refractivity contribution in [3.63, 3.8) is 0 Å². The van der Waals surface area contributed by atoms with Crippen LogP contribution in [0, 0.1) is 5.92 Å². The third-order valence-electron chi connectivity index (χ3n) is 6.76. The summed E-state index contributed by atoms with van der Waals surface area (Å²) < 4.78 is 7.40. The van der Waals surface area contributed by atoms with Crippen molar-refractivity contribution in [3.05, 3.63) is 65.7 Å². The average molecular weight is 377 g/mol. The first-order valence-electron chi connectivity index (χ1n) is 10.5. The van der Waals surface area contributed by atoms with Crippen LogP contribution in [-0.4, -0.2) is 21.6 Å². The van der Waals surface area contributed by atoms with E-state index in [4.69, 9.17) is 4.74 Å². The molecule has 1 N–H and O–H groups in total. The van der Waals surface area contributed by atoms with Crippen LogP contribution in [0.4, 0.5) is 0 Å². The fourth-order valence-corrected chi connectivity index (χ4v) is 4.95. The van der Waals surface area contributed by atoms with Gasteiger partial charge in [0.05, 0.1) is 36.9 Å². The largest absolute Gasteiger partial charge is 0.497 e. The highest BCUT2D eigenvalue weighted by Crippen LogP contribution is 2.47. The van der Waals surface area contributed by atoms with E-state index in [1.54, 1.807) is 7.11 Å². The summed E-state index contributed by atoms with van der Waals surface area (Å²) in [6, 6.07) is 12.8. The molecule has 2 heterocycles.